The Bertz CT molecular complexity index is 886. The van der Waals surface area contributed by atoms with Crippen molar-refractivity contribution in [1.82, 2.24) is 25.0 Å². The second kappa shape index (κ2) is 6.83. The van der Waals surface area contributed by atoms with Crippen LogP contribution in [0.15, 0.2) is 42.7 Å². The van der Waals surface area contributed by atoms with Crippen molar-refractivity contribution in [3.05, 3.63) is 59.7 Å². The van der Waals surface area contributed by atoms with Gasteiger partial charge in [0, 0.05) is 31.6 Å². The minimum Gasteiger partial charge on any atom is -0.390 e. The van der Waals surface area contributed by atoms with E-state index in [4.69, 9.17) is 0 Å². The number of aliphatic hydroxyl groups excluding tert-OH is 1. The average Bonchev–Trinajstić information content (AvgIpc) is 3.36. The van der Waals surface area contributed by atoms with Crippen LogP contribution in [0.3, 0.4) is 0 Å². The maximum atomic E-state index is 12.6. The zero-order chi connectivity index (χ0) is 19.1. The van der Waals surface area contributed by atoms with Crippen LogP contribution >= 0.6 is 0 Å². The number of carbonyl (C=O) groups is 1. The van der Waals surface area contributed by atoms with E-state index in [-0.39, 0.29) is 23.2 Å². The van der Waals surface area contributed by atoms with Crippen LogP contribution in [0.2, 0.25) is 0 Å². The molecule has 146 valence electrons. The zero-order valence-electron chi connectivity index (χ0n) is 15.8. The third kappa shape index (κ3) is 2.61. The Morgan fingerprint density at radius 2 is 2.00 bits per heavy atom. The monoisotopic (exact) mass is 379 g/mol. The molecule has 2 N–H and O–H groups in total. The van der Waals surface area contributed by atoms with E-state index in [2.05, 4.69) is 56.5 Å². The standard InChI is InChI=1S/C21H25N5O2/c27-18-17(25-10-4-1-5-11-25)15-6-2-3-7-16(15)21(18)8-12-26(13-9-21)20(28)19-22-14-23-24-19/h1-4,6-7,14,17-18,27H,5,8-13H2,(H,22,23,24)/t17-,18+/m1/s1. The molecule has 5 rings (SSSR count). The number of carbonyl (C=O) groups excluding carboxylic acids is 1. The molecule has 0 saturated carbocycles. The van der Waals surface area contributed by atoms with Crippen molar-refractivity contribution in [1.29, 1.82) is 0 Å². The number of benzene rings is 1. The molecule has 7 heteroatoms. The normalized spacial score (nSPS) is 26.5. The van der Waals surface area contributed by atoms with Crippen LogP contribution in [0, 0.1) is 0 Å². The number of nitrogens with one attached hydrogen (secondary N) is 1. The lowest BCUT2D eigenvalue weighted by Gasteiger charge is -2.43. The first-order valence-electron chi connectivity index (χ1n) is 10.0. The number of aromatic amines is 1. The Hall–Kier alpha value is -2.51. The summed E-state index contributed by atoms with van der Waals surface area (Å²) in [4.78, 5) is 20.8. The first-order chi connectivity index (χ1) is 13.7. The molecule has 0 unspecified atom stereocenters. The van der Waals surface area contributed by atoms with Crippen LogP contribution in [0.25, 0.3) is 0 Å². The van der Waals surface area contributed by atoms with E-state index in [0.717, 1.165) is 32.4 Å². The second-order valence-electron chi connectivity index (χ2n) is 8.01. The number of fused-ring (bicyclic) bond motifs is 2. The van der Waals surface area contributed by atoms with E-state index < -0.39 is 6.10 Å². The van der Waals surface area contributed by atoms with E-state index >= 15 is 0 Å². The summed E-state index contributed by atoms with van der Waals surface area (Å²) in [5.41, 5.74) is 2.22. The first-order valence-corrected chi connectivity index (χ1v) is 10.0. The van der Waals surface area contributed by atoms with Gasteiger partial charge in [0.05, 0.1) is 12.1 Å². The zero-order valence-corrected chi connectivity index (χ0v) is 15.8. The second-order valence-corrected chi connectivity index (χ2v) is 8.01. The van der Waals surface area contributed by atoms with Crippen molar-refractivity contribution in [2.24, 2.45) is 0 Å². The van der Waals surface area contributed by atoms with Crippen LogP contribution < -0.4 is 0 Å². The van der Waals surface area contributed by atoms with Gasteiger partial charge in [-0.25, -0.2) is 4.98 Å². The fraction of sp³-hybridized carbons (Fsp3) is 0.476. The predicted octanol–water partition coefficient (Wildman–Crippen LogP) is 1.66. The smallest absolute Gasteiger partial charge is 0.291 e. The van der Waals surface area contributed by atoms with Gasteiger partial charge in [-0.15, -0.1) is 0 Å². The highest BCUT2D eigenvalue weighted by molar-refractivity contribution is 5.90. The summed E-state index contributed by atoms with van der Waals surface area (Å²) in [5.74, 6) is 0.159. The molecule has 2 atom stereocenters. The lowest BCUT2D eigenvalue weighted by molar-refractivity contribution is -0.0115. The van der Waals surface area contributed by atoms with Crippen molar-refractivity contribution in [3.8, 4) is 0 Å². The number of aliphatic hydroxyl groups is 1. The summed E-state index contributed by atoms with van der Waals surface area (Å²) < 4.78 is 0. The molecule has 7 nitrogen and oxygen atoms in total. The van der Waals surface area contributed by atoms with E-state index in [1.54, 1.807) is 0 Å². The fourth-order valence-corrected chi connectivity index (χ4v) is 5.28. The van der Waals surface area contributed by atoms with E-state index in [9.17, 15) is 9.90 Å². The van der Waals surface area contributed by atoms with Crippen molar-refractivity contribution in [2.45, 2.75) is 36.8 Å². The molecule has 1 spiro atoms. The fourth-order valence-electron chi connectivity index (χ4n) is 5.28. The van der Waals surface area contributed by atoms with E-state index in [0.29, 0.717) is 13.1 Å². The van der Waals surface area contributed by atoms with Crippen LogP contribution in [-0.4, -0.2) is 68.3 Å². The highest BCUT2D eigenvalue weighted by Gasteiger charge is 2.54. The van der Waals surface area contributed by atoms with Gasteiger partial charge in [0.25, 0.3) is 5.91 Å². The van der Waals surface area contributed by atoms with E-state index in [1.807, 2.05) is 4.90 Å². The molecule has 3 heterocycles. The third-order valence-corrected chi connectivity index (χ3v) is 6.72. The molecule has 0 bridgehead atoms. The molecule has 0 radical (unpaired) electrons. The van der Waals surface area contributed by atoms with Gasteiger partial charge >= 0.3 is 0 Å². The number of hydrogen-bond acceptors (Lipinski definition) is 5. The van der Waals surface area contributed by atoms with Crippen LogP contribution in [0.1, 0.15) is 47.1 Å². The Labute approximate surface area is 164 Å². The van der Waals surface area contributed by atoms with Crippen LogP contribution in [0.5, 0.6) is 0 Å². The van der Waals surface area contributed by atoms with E-state index in [1.165, 1.54) is 17.5 Å². The topological polar surface area (TPSA) is 85.4 Å². The molecule has 1 aliphatic carbocycles. The molecular formula is C21H25N5O2. The summed E-state index contributed by atoms with van der Waals surface area (Å²) in [5, 5.41) is 18.0. The molecule has 1 aromatic heterocycles. The Morgan fingerprint density at radius 3 is 2.71 bits per heavy atom. The Morgan fingerprint density at radius 1 is 1.18 bits per heavy atom. The summed E-state index contributed by atoms with van der Waals surface area (Å²) in [7, 11) is 0. The molecule has 1 aromatic carbocycles. The largest absolute Gasteiger partial charge is 0.390 e. The van der Waals surface area contributed by atoms with Gasteiger partial charge in [0.2, 0.25) is 5.82 Å². The van der Waals surface area contributed by atoms with Gasteiger partial charge in [-0.3, -0.25) is 14.8 Å². The Kier molecular flexibility index (Phi) is 4.29. The number of H-pyrrole nitrogens is 1. The maximum Gasteiger partial charge on any atom is 0.291 e. The lowest BCUT2D eigenvalue weighted by Crippen LogP contribution is -2.51. The summed E-state index contributed by atoms with van der Waals surface area (Å²) >= 11 is 0. The lowest BCUT2D eigenvalue weighted by atomic mass is 9.72. The number of nitrogens with zero attached hydrogens (tertiary/aromatic N) is 4. The SMILES string of the molecule is O=C(c1ncn[nH]1)N1CCC2(CC1)c1ccccc1[C@@H](N1CC=CCC1)[C@@H]2O. The number of hydrogen-bond donors (Lipinski definition) is 2. The summed E-state index contributed by atoms with van der Waals surface area (Å²) in [6.45, 7) is 3.07. The van der Waals surface area contributed by atoms with Crippen LogP contribution in [-0.2, 0) is 5.41 Å². The highest BCUT2D eigenvalue weighted by atomic mass is 16.3. The Balaban J connectivity index is 1.42. The summed E-state index contributed by atoms with van der Waals surface area (Å²) in [6, 6.07) is 8.50. The molecule has 1 saturated heterocycles. The molecular weight excluding hydrogens is 354 g/mol. The van der Waals surface area contributed by atoms with Crippen molar-refractivity contribution >= 4 is 5.91 Å². The number of amides is 1. The first kappa shape index (κ1) is 17.6. The summed E-state index contributed by atoms with van der Waals surface area (Å²) in [6.07, 6.45) is 7.84. The number of piperidine rings is 1. The van der Waals surface area contributed by atoms with Gasteiger partial charge in [-0.1, -0.05) is 36.4 Å². The quantitative estimate of drug-likeness (QED) is 0.775. The third-order valence-electron chi connectivity index (χ3n) is 6.72. The minimum atomic E-state index is -0.459. The van der Waals surface area contributed by atoms with Gasteiger partial charge < -0.3 is 10.0 Å². The van der Waals surface area contributed by atoms with Gasteiger partial charge in [-0.2, -0.15) is 5.10 Å². The molecule has 2 aliphatic heterocycles. The van der Waals surface area contributed by atoms with Gasteiger partial charge in [-0.05, 0) is 30.4 Å². The number of likely N-dealkylation sites (tertiary alicyclic amines) is 1. The van der Waals surface area contributed by atoms with Crippen molar-refractivity contribution in [3.63, 3.8) is 0 Å². The molecule has 2 aromatic rings. The minimum absolute atomic E-state index is 0.0256. The van der Waals surface area contributed by atoms with Gasteiger partial charge in [0.15, 0.2) is 0 Å². The van der Waals surface area contributed by atoms with Crippen LogP contribution in [0.4, 0.5) is 0 Å². The van der Waals surface area contributed by atoms with Gasteiger partial charge in [0.1, 0.15) is 6.33 Å². The number of rotatable bonds is 2. The highest BCUT2D eigenvalue weighted by Crippen LogP contribution is 2.53. The molecule has 3 aliphatic rings. The predicted molar refractivity (Wildman–Crippen MR) is 104 cm³/mol. The maximum absolute atomic E-state index is 12.6. The van der Waals surface area contributed by atoms with Crippen molar-refractivity contribution < 1.29 is 9.90 Å². The molecule has 1 fully saturated rings. The molecule has 1 amide bonds. The number of aromatic nitrogens is 3. The van der Waals surface area contributed by atoms with Crippen molar-refractivity contribution in [2.75, 3.05) is 26.2 Å². The average molecular weight is 379 g/mol. The molecule has 28 heavy (non-hydrogen) atoms.